The fourth-order valence-electron chi connectivity index (χ4n) is 2.22. The summed E-state index contributed by atoms with van der Waals surface area (Å²) in [6.07, 6.45) is 1.12. The van der Waals surface area contributed by atoms with E-state index in [0.717, 1.165) is 13.0 Å². The molecule has 1 heterocycles. The van der Waals surface area contributed by atoms with Gasteiger partial charge in [-0.05, 0) is 49.4 Å². The van der Waals surface area contributed by atoms with Crippen LogP contribution in [0.5, 0.6) is 0 Å². The fourth-order valence-corrected chi connectivity index (χ4v) is 2.22. The van der Waals surface area contributed by atoms with Gasteiger partial charge in [-0.2, -0.15) is 0 Å². The van der Waals surface area contributed by atoms with Crippen LogP contribution in [-0.2, 0) is 0 Å². The Kier molecular flexibility index (Phi) is 2.55. The van der Waals surface area contributed by atoms with E-state index < -0.39 is 0 Å². The molecular formula is C12H16FN. The third-order valence-corrected chi connectivity index (χ3v) is 3.03. The van der Waals surface area contributed by atoms with Crippen LogP contribution in [0, 0.1) is 12.7 Å². The Labute approximate surface area is 84.3 Å². The number of nitrogens with one attached hydrogen (secondary N) is 1. The monoisotopic (exact) mass is 193 g/mol. The first kappa shape index (κ1) is 9.66. The summed E-state index contributed by atoms with van der Waals surface area (Å²) in [5.41, 5.74) is 2.37. The van der Waals surface area contributed by atoms with Crippen molar-refractivity contribution in [2.75, 3.05) is 6.54 Å². The van der Waals surface area contributed by atoms with E-state index in [2.05, 4.69) is 19.2 Å². The van der Waals surface area contributed by atoms with Crippen LogP contribution in [0.1, 0.15) is 30.4 Å². The SMILES string of the molecule is Cc1ccc(F)cc1C1CNC(C)C1. The van der Waals surface area contributed by atoms with Gasteiger partial charge in [0.05, 0.1) is 0 Å². The highest BCUT2D eigenvalue weighted by atomic mass is 19.1. The van der Waals surface area contributed by atoms with Crippen molar-refractivity contribution in [3.8, 4) is 0 Å². The number of benzene rings is 1. The van der Waals surface area contributed by atoms with E-state index in [1.54, 1.807) is 6.07 Å². The summed E-state index contributed by atoms with van der Waals surface area (Å²) in [6.45, 7) is 5.21. The molecule has 1 aromatic rings. The van der Waals surface area contributed by atoms with Crippen molar-refractivity contribution < 1.29 is 4.39 Å². The quantitative estimate of drug-likeness (QED) is 0.723. The Morgan fingerprint density at radius 1 is 1.43 bits per heavy atom. The second kappa shape index (κ2) is 3.70. The molecule has 1 aliphatic heterocycles. The number of rotatable bonds is 1. The van der Waals surface area contributed by atoms with E-state index >= 15 is 0 Å². The molecule has 1 nitrogen and oxygen atoms in total. The summed E-state index contributed by atoms with van der Waals surface area (Å²) in [4.78, 5) is 0. The smallest absolute Gasteiger partial charge is 0.123 e. The van der Waals surface area contributed by atoms with Gasteiger partial charge in [0, 0.05) is 12.6 Å². The minimum atomic E-state index is -0.120. The second-order valence-corrected chi connectivity index (χ2v) is 4.24. The van der Waals surface area contributed by atoms with Crippen molar-refractivity contribution in [1.82, 2.24) is 5.32 Å². The predicted octanol–water partition coefficient (Wildman–Crippen LogP) is 2.60. The van der Waals surface area contributed by atoms with Gasteiger partial charge in [-0.25, -0.2) is 4.39 Å². The van der Waals surface area contributed by atoms with E-state index in [-0.39, 0.29) is 5.82 Å². The number of hydrogen-bond acceptors (Lipinski definition) is 1. The molecule has 14 heavy (non-hydrogen) atoms. The molecule has 0 spiro atoms. The molecule has 1 aliphatic rings. The molecule has 0 saturated carbocycles. The van der Waals surface area contributed by atoms with Crippen LogP contribution in [0.4, 0.5) is 4.39 Å². The maximum absolute atomic E-state index is 13.1. The van der Waals surface area contributed by atoms with E-state index in [0.29, 0.717) is 12.0 Å². The van der Waals surface area contributed by atoms with Crippen molar-refractivity contribution in [1.29, 1.82) is 0 Å². The van der Waals surface area contributed by atoms with Crippen molar-refractivity contribution in [3.63, 3.8) is 0 Å². The van der Waals surface area contributed by atoms with E-state index in [9.17, 15) is 4.39 Å². The lowest BCUT2D eigenvalue weighted by atomic mass is 9.93. The van der Waals surface area contributed by atoms with E-state index in [1.165, 1.54) is 17.2 Å². The van der Waals surface area contributed by atoms with Gasteiger partial charge in [0.15, 0.2) is 0 Å². The van der Waals surface area contributed by atoms with Gasteiger partial charge in [0.2, 0.25) is 0 Å². The Balaban J connectivity index is 2.27. The first-order valence-corrected chi connectivity index (χ1v) is 5.16. The Morgan fingerprint density at radius 2 is 2.21 bits per heavy atom. The van der Waals surface area contributed by atoms with Gasteiger partial charge in [-0.3, -0.25) is 0 Å². The lowest BCUT2D eigenvalue weighted by molar-refractivity contribution is 0.618. The molecule has 1 fully saturated rings. The average Bonchev–Trinajstić information content (AvgIpc) is 2.56. The molecule has 76 valence electrons. The number of hydrogen-bond donors (Lipinski definition) is 1. The molecule has 2 atom stereocenters. The second-order valence-electron chi connectivity index (χ2n) is 4.24. The van der Waals surface area contributed by atoms with Crippen LogP contribution in [0.2, 0.25) is 0 Å². The summed E-state index contributed by atoms with van der Waals surface area (Å²) < 4.78 is 13.1. The normalized spacial score (nSPS) is 26.8. The van der Waals surface area contributed by atoms with E-state index in [4.69, 9.17) is 0 Å². The highest BCUT2D eigenvalue weighted by Crippen LogP contribution is 2.28. The van der Waals surface area contributed by atoms with Crippen LogP contribution in [-0.4, -0.2) is 12.6 Å². The summed E-state index contributed by atoms with van der Waals surface area (Å²) in [6, 6.07) is 5.64. The third-order valence-electron chi connectivity index (χ3n) is 3.03. The minimum Gasteiger partial charge on any atom is -0.314 e. The van der Waals surface area contributed by atoms with Crippen LogP contribution >= 0.6 is 0 Å². The van der Waals surface area contributed by atoms with Crippen LogP contribution in [0.15, 0.2) is 18.2 Å². The zero-order chi connectivity index (χ0) is 10.1. The predicted molar refractivity (Wildman–Crippen MR) is 56.0 cm³/mol. The Morgan fingerprint density at radius 3 is 2.86 bits per heavy atom. The molecule has 0 radical (unpaired) electrons. The first-order valence-electron chi connectivity index (χ1n) is 5.16. The number of aryl methyl sites for hydroxylation is 1. The topological polar surface area (TPSA) is 12.0 Å². The lowest BCUT2D eigenvalue weighted by Crippen LogP contribution is -2.16. The molecule has 0 amide bonds. The molecule has 1 N–H and O–H groups in total. The van der Waals surface area contributed by atoms with Crippen LogP contribution < -0.4 is 5.32 Å². The maximum atomic E-state index is 13.1. The first-order chi connectivity index (χ1) is 6.66. The van der Waals surface area contributed by atoms with Gasteiger partial charge in [-0.15, -0.1) is 0 Å². The van der Waals surface area contributed by atoms with Crippen molar-refractivity contribution in [3.05, 3.63) is 35.1 Å². The van der Waals surface area contributed by atoms with Gasteiger partial charge >= 0.3 is 0 Å². The molecule has 2 unspecified atom stereocenters. The van der Waals surface area contributed by atoms with Crippen molar-refractivity contribution in [2.45, 2.75) is 32.2 Å². The van der Waals surface area contributed by atoms with Gasteiger partial charge in [-0.1, -0.05) is 6.07 Å². The molecule has 0 bridgehead atoms. The average molecular weight is 193 g/mol. The fraction of sp³-hybridized carbons (Fsp3) is 0.500. The van der Waals surface area contributed by atoms with Crippen molar-refractivity contribution >= 4 is 0 Å². The minimum absolute atomic E-state index is 0.120. The summed E-state index contributed by atoms with van der Waals surface area (Å²) in [5.74, 6) is 0.367. The Hall–Kier alpha value is -0.890. The molecule has 2 heteroatoms. The molecule has 1 saturated heterocycles. The highest BCUT2D eigenvalue weighted by Gasteiger charge is 2.23. The van der Waals surface area contributed by atoms with E-state index in [1.807, 2.05) is 6.07 Å². The van der Waals surface area contributed by atoms with Gasteiger partial charge in [0.1, 0.15) is 5.82 Å². The molecular weight excluding hydrogens is 177 g/mol. The van der Waals surface area contributed by atoms with Gasteiger partial charge < -0.3 is 5.32 Å². The molecule has 2 rings (SSSR count). The van der Waals surface area contributed by atoms with Gasteiger partial charge in [0.25, 0.3) is 0 Å². The van der Waals surface area contributed by atoms with Crippen LogP contribution in [0.3, 0.4) is 0 Å². The third kappa shape index (κ3) is 1.80. The Bertz CT molecular complexity index is 335. The summed E-state index contributed by atoms with van der Waals surface area (Å²) >= 11 is 0. The zero-order valence-electron chi connectivity index (χ0n) is 8.68. The largest absolute Gasteiger partial charge is 0.314 e. The standard InChI is InChI=1S/C12H16FN/c1-8-3-4-11(13)6-12(8)10-5-9(2)14-7-10/h3-4,6,9-10,14H,5,7H2,1-2H3. The zero-order valence-corrected chi connectivity index (χ0v) is 8.68. The number of halogens is 1. The van der Waals surface area contributed by atoms with Crippen LogP contribution in [0.25, 0.3) is 0 Å². The van der Waals surface area contributed by atoms with Crippen molar-refractivity contribution in [2.24, 2.45) is 0 Å². The highest BCUT2D eigenvalue weighted by molar-refractivity contribution is 5.31. The molecule has 0 aliphatic carbocycles. The summed E-state index contributed by atoms with van der Waals surface area (Å²) in [7, 11) is 0. The molecule has 0 aromatic heterocycles. The summed E-state index contributed by atoms with van der Waals surface area (Å²) in [5, 5.41) is 3.39. The maximum Gasteiger partial charge on any atom is 0.123 e. The lowest BCUT2D eigenvalue weighted by Gasteiger charge is -2.12. The molecule has 1 aromatic carbocycles.